The first-order valence-corrected chi connectivity index (χ1v) is 5.02. The normalized spacial score (nSPS) is 9.67. The lowest BCUT2D eigenvalue weighted by Gasteiger charge is -2.05. The van der Waals surface area contributed by atoms with Crippen LogP contribution in [0.25, 0.3) is 0 Å². The summed E-state index contributed by atoms with van der Waals surface area (Å²) < 4.78 is 5.84. The van der Waals surface area contributed by atoms with Gasteiger partial charge in [-0.15, -0.1) is 0 Å². The highest BCUT2D eigenvalue weighted by molar-refractivity contribution is 9.10. The van der Waals surface area contributed by atoms with Gasteiger partial charge in [0.05, 0.1) is 13.0 Å². The predicted molar refractivity (Wildman–Crippen MR) is 57.3 cm³/mol. The molecule has 4 nitrogen and oxygen atoms in total. The topological polar surface area (TPSA) is 63.6 Å². The number of aliphatic carboxylic acids is 1. The molecule has 0 atom stereocenters. The molecule has 0 unspecified atom stereocenters. The van der Waals surface area contributed by atoms with Gasteiger partial charge in [-0.3, -0.25) is 9.59 Å². The first-order valence-electron chi connectivity index (χ1n) is 4.23. The second-order valence-electron chi connectivity index (χ2n) is 2.79. The Kier molecular flexibility index (Phi) is 4.30. The summed E-state index contributed by atoms with van der Waals surface area (Å²) in [5, 5.41) is 8.39. The van der Waals surface area contributed by atoms with Crippen LogP contribution in [-0.4, -0.2) is 24.0 Å². The number of ether oxygens (including phenoxy) is 1. The van der Waals surface area contributed by atoms with E-state index in [2.05, 4.69) is 15.9 Å². The van der Waals surface area contributed by atoms with Crippen LogP contribution in [0.5, 0.6) is 5.75 Å². The van der Waals surface area contributed by atoms with Crippen molar-refractivity contribution < 1.29 is 19.4 Å². The van der Waals surface area contributed by atoms with Crippen LogP contribution in [0.2, 0.25) is 0 Å². The van der Waals surface area contributed by atoms with Crippen molar-refractivity contribution in [3.63, 3.8) is 0 Å². The number of benzene rings is 1. The third kappa shape index (κ3) is 3.71. The zero-order valence-electron chi connectivity index (χ0n) is 7.77. The second kappa shape index (κ2) is 5.50. The molecule has 5 heteroatoms. The number of rotatable bonds is 5. The van der Waals surface area contributed by atoms with Crippen molar-refractivity contribution in [1.29, 1.82) is 0 Å². The maximum atomic E-state index is 10.6. The molecule has 0 saturated carbocycles. The number of hydrogen-bond donors (Lipinski definition) is 1. The molecular weight excluding hydrogens is 264 g/mol. The quantitative estimate of drug-likeness (QED) is 0.834. The van der Waals surface area contributed by atoms with E-state index in [1.165, 1.54) is 0 Å². The fourth-order valence-corrected chi connectivity index (χ4v) is 1.30. The van der Waals surface area contributed by atoms with E-state index in [0.29, 0.717) is 22.1 Å². The minimum atomic E-state index is -0.914. The van der Waals surface area contributed by atoms with E-state index in [9.17, 15) is 9.59 Å². The number of hydrogen-bond acceptors (Lipinski definition) is 3. The summed E-state index contributed by atoms with van der Waals surface area (Å²) in [5.74, 6) is -0.427. The van der Waals surface area contributed by atoms with Gasteiger partial charge in [-0.25, -0.2) is 0 Å². The molecule has 1 aromatic carbocycles. The fourth-order valence-electron chi connectivity index (χ4n) is 0.958. The molecule has 80 valence electrons. The van der Waals surface area contributed by atoms with Gasteiger partial charge in [0, 0.05) is 10.0 Å². The maximum absolute atomic E-state index is 10.6. The smallest absolute Gasteiger partial charge is 0.306 e. The van der Waals surface area contributed by atoms with Crippen LogP contribution in [0.4, 0.5) is 0 Å². The molecule has 0 spiro atoms. The molecule has 0 radical (unpaired) electrons. The maximum Gasteiger partial charge on any atom is 0.306 e. The SMILES string of the molecule is O=Cc1cc(OCCC(=O)O)ccc1Br. The highest BCUT2D eigenvalue weighted by atomic mass is 79.9. The highest BCUT2D eigenvalue weighted by Gasteiger charge is 2.02. The number of carboxylic acids is 1. The highest BCUT2D eigenvalue weighted by Crippen LogP contribution is 2.21. The van der Waals surface area contributed by atoms with Gasteiger partial charge in [0.1, 0.15) is 5.75 Å². The molecular formula is C10H9BrO4. The summed E-state index contributed by atoms with van der Waals surface area (Å²) in [4.78, 5) is 20.8. The predicted octanol–water partition coefficient (Wildman–Crippen LogP) is 2.12. The van der Waals surface area contributed by atoms with Gasteiger partial charge in [-0.2, -0.15) is 0 Å². The summed E-state index contributed by atoms with van der Waals surface area (Å²) in [6.07, 6.45) is 0.640. The Morgan fingerprint density at radius 1 is 1.53 bits per heavy atom. The first kappa shape index (κ1) is 11.7. The van der Waals surface area contributed by atoms with Crippen LogP contribution in [0, 0.1) is 0 Å². The minimum Gasteiger partial charge on any atom is -0.493 e. The van der Waals surface area contributed by atoms with Crippen LogP contribution in [0.1, 0.15) is 16.8 Å². The van der Waals surface area contributed by atoms with E-state index < -0.39 is 5.97 Å². The summed E-state index contributed by atoms with van der Waals surface area (Å²) in [7, 11) is 0. The van der Waals surface area contributed by atoms with Crippen molar-refractivity contribution >= 4 is 28.2 Å². The van der Waals surface area contributed by atoms with Crippen molar-refractivity contribution in [3.05, 3.63) is 28.2 Å². The minimum absolute atomic E-state index is 0.0630. The molecule has 1 rings (SSSR count). The largest absolute Gasteiger partial charge is 0.493 e. The summed E-state index contributed by atoms with van der Waals surface area (Å²) >= 11 is 3.20. The lowest BCUT2D eigenvalue weighted by atomic mass is 10.2. The van der Waals surface area contributed by atoms with E-state index in [4.69, 9.17) is 9.84 Å². The number of halogens is 1. The Hall–Kier alpha value is -1.36. The molecule has 0 bridgehead atoms. The molecule has 0 heterocycles. The summed E-state index contributed by atoms with van der Waals surface area (Å²) in [6, 6.07) is 4.90. The van der Waals surface area contributed by atoms with Gasteiger partial charge in [-0.05, 0) is 18.2 Å². The van der Waals surface area contributed by atoms with Gasteiger partial charge in [0.2, 0.25) is 0 Å². The number of carbonyl (C=O) groups is 2. The van der Waals surface area contributed by atoms with Gasteiger partial charge in [0.25, 0.3) is 0 Å². The van der Waals surface area contributed by atoms with Gasteiger partial charge in [0.15, 0.2) is 6.29 Å². The average molecular weight is 273 g/mol. The van der Waals surface area contributed by atoms with Crippen molar-refractivity contribution in [2.24, 2.45) is 0 Å². The molecule has 1 aromatic rings. The molecule has 1 N–H and O–H groups in total. The average Bonchev–Trinajstić information content (AvgIpc) is 2.20. The van der Waals surface area contributed by atoms with Gasteiger partial charge < -0.3 is 9.84 Å². The molecule has 0 aliphatic carbocycles. The second-order valence-corrected chi connectivity index (χ2v) is 3.65. The van der Waals surface area contributed by atoms with Crippen molar-refractivity contribution in [1.82, 2.24) is 0 Å². The third-order valence-corrected chi connectivity index (χ3v) is 2.40. The standard InChI is InChI=1S/C10H9BrO4/c11-9-2-1-8(5-7(9)6-12)15-4-3-10(13)14/h1-2,5-6H,3-4H2,(H,13,14). The first-order chi connectivity index (χ1) is 7.13. The van der Waals surface area contributed by atoms with Crippen molar-refractivity contribution in [3.8, 4) is 5.75 Å². The van der Waals surface area contributed by atoms with Crippen LogP contribution >= 0.6 is 15.9 Å². The van der Waals surface area contributed by atoms with E-state index >= 15 is 0 Å². The lowest BCUT2D eigenvalue weighted by Crippen LogP contribution is -2.04. The zero-order chi connectivity index (χ0) is 11.3. The number of aldehydes is 1. The Balaban J connectivity index is 2.62. The van der Waals surface area contributed by atoms with Crippen LogP contribution in [0.15, 0.2) is 22.7 Å². The van der Waals surface area contributed by atoms with Crippen molar-refractivity contribution in [2.75, 3.05) is 6.61 Å². The number of carbonyl (C=O) groups excluding carboxylic acids is 1. The van der Waals surface area contributed by atoms with Crippen LogP contribution in [-0.2, 0) is 4.79 Å². The Labute approximate surface area is 95.0 Å². The molecule has 0 aliphatic heterocycles. The molecule has 0 aliphatic rings. The number of carboxylic acid groups (broad SMARTS) is 1. The molecule has 0 aromatic heterocycles. The van der Waals surface area contributed by atoms with E-state index in [1.807, 2.05) is 0 Å². The van der Waals surface area contributed by atoms with Gasteiger partial charge in [-0.1, -0.05) is 15.9 Å². The Bertz CT molecular complexity index is 376. The molecule has 0 fully saturated rings. The molecule has 0 amide bonds. The Morgan fingerprint density at radius 2 is 2.27 bits per heavy atom. The summed E-state index contributed by atoms with van der Waals surface area (Å²) in [5.41, 5.74) is 0.475. The molecule has 15 heavy (non-hydrogen) atoms. The van der Waals surface area contributed by atoms with E-state index in [0.717, 1.165) is 0 Å². The van der Waals surface area contributed by atoms with Crippen LogP contribution < -0.4 is 4.74 Å². The third-order valence-electron chi connectivity index (χ3n) is 1.68. The monoisotopic (exact) mass is 272 g/mol. The summed E-state index contributed by atoms with van der Waals surface area (Å²) in [6.45, 7) is 0.0925. The fraction of sp³-hybridized carbons (Fsp3) is 0.200. The van der Waals surface area contributed by atoms with Crippen molar-refractivity contribution in [2.45, 2.75) is 6.42 Å². The van der Waals surface area contributed by atoms with Crippen LogP contribution in [0.3, 0.4) is 0 Å². The van der Waals surface area contributed by atoms with E-state index in [-0.39, 0.29) is 13.0 Å². The lowest BCUT2D eigenvalue weighted by molar-refractivity contribution is -0.137. The zero-order valence-corrected chi connectivity index (χ0v) is 9.36. The molecule has 0 saturated heterocycles. The van der Waals surface area contributed by atoms with E-state index in [1.54, 1.807) is 18.2 Å². The Morgan fingerprint density at radius 3 is 2.87 bits per heavy atom. The van der Waals surface area contributed by atoms with Gasteiger partial charge >= 0.3 is 5.97 Å².